The molecule has 1 unspecified atom stereocenters. The Bertz CT molecular complexity index is 1030. The Labute approximate surface area is 179 Å². The fraction of sp³-hybridized carbons (Fsp3) is 0.348. The van der Waals surface area contributed by atoms with Crippen molar-refractivity contribution in [2.24, 2.45) is 5.92 Å². The van der Waals surface area contributed by atoms with Crippen LogP contribution in [0.4, 0.5) is 10.8 Å². The summed E-state index contributed by atoms with van der Waals surface area (Å²) in [5.41, 5.74) is 2.10. The van der Waals surface area contributed by atoms with Crippen LogP contribution in [-0.2, 0) is 9.59 Å². The van der Waals surface area contributed by atoms with Gasteiger partial charge in [0, 0.05) is 44.8 Å². The molecule has 3 aromatic rings. The predicted molar refractivity (Wildman–Crippen MR) is 120 cm³/mol. The van der Waals surface area contributed by atoms with E-state index in [4.69, 9.17) is 0 Å². The van der Waals surface area contributed by atoms with Gasteiger partial charge in [0.2, 0.25) is 11.8 Å². The number of carbonyl (C=O) groups is 2. The molecule has 30 heavy (non-hydrogen) atoms. The molecular formula is C23H24N4O2S. The maximum Gasteiger partial charge on any atom is 0.229 e. The molecule has 154 valence electrons. The van der Waals surface area contributed by atoms with Crippen molar-refractivity contribution in [1.29, 1.82) is 0 Å². The lowest BCUT2D eigenvalue weighted by Crippen LogP contribution is -2.40. The van der Waals surface area contributed by atoms with Crippen LogP contribution >= 0.6 is 11.3 Å². The lowest BCUT2D eigenvalue weighted by molar-refractivity contribution is -0.135. The van der Waals surface area contributed by atoms with Crippen LogP contribution in [0, 0.1) is 5.92 Å². The van der Waals surface area contributed by atoms with Crippen molar-refractivity contribution >= 4 is 44.2 Å². The fourth-order valence-electron chi connectivity index (χ4n) is 4.33. The van der Waals surface area contributed by atoms with Crippen LogP contribution in [0.1, 0.15) is 12.8 Å². The van der Waals surface area contributed by atoms with E-state index in [1.807, 2.05) is 47.4 Å². The third kappa shape index (κ3) is 3.65. The Kier molecular flexibility index (Phi) is 5.12. The summed E-state index contributed by atoms with van der Waals surface area (Å²) in [5.74, 6) is -0.192. The first-order chi connectivity index (χ1) is 14.7. The average molecular weight is 421 g/mol. The van der Waals surface area contributed by atoms with Gasteiger partial charge >= 0.3 is 0 Å². The van der Waals surface area contributed by atoms with Crippen molar-refractivity contribution in [3.05, 3.63) is 54.6 Å². The van der Waals surface area contributed by atoms with Gasteiger partial charge in [-0.05, 0) is 30.7 Å². The van der Waals surface area contributed by atoms with Gasteiger partial charge in [0.15, 0.2) is 5.13 Å². The van der Waals surface area contributed by atoms with Gasteiger partial charge in [0.25, 0.3) is 0 Å². The van der Waals surface area contributed by atoms with Crippen molar-refractivity contribution in [3.8, 4) is 0 Å². The van der Waals surface area contributed by atoms with Gasteiger partial charge in [-0.1, -0.05) is 41.7 Å². The van der Waals surface area contributed by atoms with E-state index in [-0.39, 0.29) is 24.2 Å². The molecule has 0 radical (unpaired) electrons. The molecule has 5 rings (SSSR count). The first-order valence-corrected chi connectivity index (χ1v) is 11.3. The van der Waals surface area contributed by atoms with Crippen molar-refractivity contribution in [1.82, 2.24) is 9.88 Å². The van der Waals surface area contributed by atoms with Gasteiger partial charge in [-0.2, -0.15) is 0 Å². The molecule has 3 heterocycles. The quantitative estimate of drug-likeness (QED) is 0.652. The van der Waals surface area contributed by atoms with Gasteiger partial charge in [0.05, 0.1) is 16.1 Å². The summed E-state index contributed by atoms with van der Waals surface area (Å²) >= 11 is 1.51. The van der Waals surface area contributed by atoms with Crippen LogP contribution in [0.2, 0.25) is 0 Å². The molecule has 0 N–H and O–H groups in total. The molecule has 2 amide bonds. The summed E-state index contributed by atoms with van der Waals surface area (Å²) in [6, 6.07) is 18.2. The molecule has 0 bridgehead atoms. The molecule has 6 nitrogen and oxygen atoms in total. The minimum atomic E-state index is -0.284. The van der Waals surface area contributed by atoms with Crippen molar-refractivity contribution in [3.63, 3.8) is 0 Å². The lowest BCUT2D eigenvalue weighted by Gasteiger charge is -2.25. The van der Waals surface area contributed by atoms with Gasteiger partial charge < -0.3 is 9.80 Å². The second-order valence-electron chi connectivity index (χ2n) is 7.87. The molecule has 0 saturated carbocycles. The van der Waals surface area contributed by atoms with Crippen LogP contribution in [0.3, 0.4) is 0 Å². The molecule has 2 aromatic carbocycles. The van der Waals surface area contributed by atoms with Gasteiger partial charge in [-0.3, -0.25) is 14.5 Å². The number of hydrogen-bond acceptors (Lipinski definition) is 5. The standard InChI is InChI=1S/C23H24N4O2S/c28-21-15-17(16-27(21)23-24-19-9-4-5-10-20(19)30-23)22(29)26-12-6-11-25(13-14-26)18-7-2-1-3-8-18/h1-5,7-10,17H,6,11-16H2. The SMILES string of the molecule is O=C(C1CC(=O)N(c2nc3ccccc3s2)C1)N1CCCN(c2ccccc2)CC1. The lowest BCUT2D eigenvalue weighted by atomic mass is 10.1. The minimum absolute atomic E-state index is 0.00635. The molecule has 1 atom stereocenters. The zero-order chi connectivity index (χ0) is 20.5. The second kappa shape index (κ2) is 8.07. The number of para-hydroxylation sites is 2. The van der Waals surface area contributed by atoms with Crippen molar-refractivity contribution in [2.45, 2.75) is 12.8 Å². The maximum atomic E-state index is 13.2. The number of benzene rings is 2. The molecule has 2 fully saturated rings. The molecule has 0 aliphatic carbocycles. The summed E-state index contributed by atoms with van der Waals surface area (Å²) < 4.78 is 1.06. The van der Waals surface area contributed by atoms with E-state index in [0.717, 1.165) is 36.3 Å². The first-order valence-electron chi connectivity index (χ1n) is 10.4. The van der Waals surface area contributed by atoms with Crippen molar-refractivity contribution < 1.29 is 9.59 Å². The number of aromatic nitrogens is 1. The maximum absolute atomic E-state index is 13.2. The number of thiazole rings is 1. The summed E-state index contributed by atoms with van der Waals surface area (Å²) in [7, 11) is 0. The Morgan fingerprint density at radius 3 is 2.60 bits per heavy atom. The predicted octanol–water partition coefficient (Wildman–Crippen LogP) is 3.39. The molecule has 2 aliphatic rings. The number of amides is 2. The topological polar surface area (TPSA) is 56.8 Å². The first kappa shape index (κ1) is 19.1. The van der Waals surface area contributed by atoms with E-state index >= 15 is 0 Å². The van der Waals surface area contributed by atoms with E-state index in [1.165, 1.54) is 17.0 Å². The summed E-state index contributed by atoms with van der Waals surface area (Å²) in [4.78, 5) is 36.4. The Morgan fingerprint density at radius 2 is 1.77 bits per heavy atom. The smallest absolute Gasteiger partial charge is 0.229 e. The molecule has 7 heteroatoms. The number of hydrogen-bond donors (Lipinski definition) is 0. The summed E-state index contributed by atoms with van der Waals surface area (Å²) in [6.07, 6.45) is 1.20. The molecule has 2 aliphatic heterocycles. The number of fused-ring (bicyclic) bond motifs is 1. The Morgan fingerprint density at radius 1 is 0.967 bits per heavy atom. The third-order valence-electron chi connectivity index (χ3n) is 5.92. The molecule has 0 spiro atoms. The van der Waals surface area contributed by atoms with E-state index in [0.29, 0.717) is 18.2 Å². The van der Waals surface area contributed by atoms with Crippen LogP contribution in [0.25, 0.3) is 10.2 Å². The fourth-order valence-corrected chi connectivity index (χ4v) is 5.32. The number of anilines is 2. The van der Waals surface area contributed by atoms with Gasteiger partial charge in [-0.15, -0.1) is 0 Å². The normalized spacial score (nSPS) is 20.1. The van der Waals surface area contributed by atoms with Crippen LogP contribution in [0.5, 0.6) is 0 Å². The minimum Gasteiger partial charge on any atom is -0.370 e. The Balaban J connectivity index is 1.26. The number of rotatable bonds is 3. The second-order valence-corrected chi connectivity index (χ2v) is 8.88. The Hall–Kier alpha value is -2.93. The van der Waals surface area contributed by atoms with Gasteiger partial charge in [-0.25, -0.2) is 4.98 Å². The molecule has 2 saturated heterocycles. The molecule has 1 aromatic heterocycles. The van der Waals surface area contributed by atoms with Crippen LogP contribution in [-0.4, -0.2) is 54.4 Å². The van der Waals surface area contributed by atoms with E-state index in [2.05, 4.69) is 22.0 Å². The zero-order valence-corrected chi connectivity index (χ0v) is 17.6. The highest BCUT2D eigenvalue weighted by Gasteiger charge is 2.38. The summed E-state index contributed by atoms with van der Waals surface area (Å²) in [5, 5.41) is 0.697. The number of carbonyl (C=O) groups excluding carboxylic acids is 2. The van der Waals surface area contributed by atoms with E-state index in [9.17, 15) is 9.59 Å². The van der Waals surface area contributed by atoms with Crippen molar-refractivity contribution in [2.75, 3.05) is 42.5 Å². The third-order valence-corrected chi connectivity index (χ3v) is 6.98. The average Bonchev–Trinajstić information content (AvgIpc) is 3.28. The highest BCUT2D eigenvalue weighted by atomic mass is 32.1. The molecular weight excluding hydrogens is 396 g/mol. The monoisotopic (exact) mass is 420 g/mol. The van der Waals surface area contributed by atoms with E-state index < -0.39 is 0 Å². The highest BCUT2D eigenvalue weighted by Crippen LogP contribution is 2.33. The zero-order valence-electron chi connectivity index (χ0n) is 16.7. The van der Waals surface area contributed by atoms with Crippen LogP contribution < -0.4 is 9.80 Å². The largest absolute Gasteiger partial charge is 0.370 e. The van der Waals surface area contributed by atoms with Gasteiger partial charge in [0.1, 0.15) is 0 Å². The summed E-state index contributed by atoms with van der Waals surface area (Å²) in [6.45, 7) is 3.62. The highest BCUT2D eigenvalue weighted by molar-refractivity contribution is 7.22. The van der Waals surface area contributed by atoms with E-state index in [1.54, 1.807) is 4.90 Å². The number of nitrogens with zero attached hydrogens (tertiary/aromatic N) is 4. The van der Waals surface area contributed by atoms with Crippen LogP contribution in [0.15, 0.2) is 54.6 Å².